The molecule has 0 aromatic rings. The first kappa shape index (κ1) is 5.69. The zero-order valence-corrected chi connectivity index (χ0v) is 4.83. The van der Waals surface area contributed by atoms with Crippen LogP contribution in [0.5, 0.6) is 0 Å². The summed E-state index contributed by atoms with van der Waals surface area (Å²) in [5, 5.41) is 2.89. The number of nitrogens with zero attached hydrogens (tertiary/aromatic N) is 1. The highest BCUT2D eigenvalue weighted by atomic mass is 16.5. The van der Waals surface area contributed by atoms with Crippen LogP contribution < -0.4 is 0 Å². The van der Waals surface area contributed by atoms with Gasteiger partial charge in [0.05, 0.1) is 13.2 Å². The summed E-state index contributed by atoms with van der Waals surface area (Å²) in [7, 11) is 0. The molecule has 3 nitrogen and oxygen atoms in total. The van der Waals surface area contributed by atoms with Crippen LogP contribution in [0, 0.1) is 10.8 Å². The van der Waals surface area contributed by atoms with Crippen LogP contribution in [0.25, 0.3) is 0 Å². The number of ether oxygens (including phenoxy) is 1. The van der Waals surface area contributed by atoms with E-state index in [4.69, 9.17) is 4.74 Å². The minimum Gasteiger partial charge on any atom is -0.379 e. The van der Waals surface area contributed by atoms with E-state index < -0.39 is 0 Å². The fourth-order valence-corrected chi connectivity index (χ4v) is 0.784. The third-order valence-corrected chi connectivity index (χ3v) is 1.46. The molecule has 46 valence electrons. The molecular formula is C5H9NO2. The van der Waals surface area contributed by atoms with Crippen molar-refractivity contribution in [1.82, 2.24) is 0 Å². The number of hydrogen-bond acceptors (Lipinski definition) is 3. The molecule has 1 fully saturated rings. The maximum atomic E-state index is 9.89. The molecule has 1 saturated heterocycles. The molecule has 0 radical (unpaired) electrons. The summed E-state index contributed by atoms with van der Waals surface area (Å²) in [6.07, 6.45) is 0. The van der Waals surface area contributed by atoms with Gasteiger partial charge in [0, 0.05) is 5.92 Å². The normalized spacial score (nSPS) is 37.6. The van der Waals surface area contributed by atoms with Gasteiger partial charge in [-0.15, -0.1) is 0 Å². The largest absolute Gasteiger partial charge is 0.379 e. The summed E-state index contributed by atoms with van der Waals surface area (Å²) < 4.78 is 4.97. The van der Waals surface area contributed by atoms with Gasteiger partial charge in [0.15, 0.2) is 0 Å². The molecule has 8 heavy (non-hydrogen) atoms. The lowest BCUT2D eigenvalue weighted by atomic mass is 10.1. The summed E-state index contributed by atoms with van der Waals surface area (Å²) in [4.78, 5) is 9.89. The van der Waals surface area contributed by atoms with E-state index in [1.165, 1.54) is 0 Å². The summed E-state index contributed by atoms with van der Waals surface area (Å²) in [5.74, 6) is 0.326. The van der Waals surface area contributed by atoms with E-state index in [1.807, 2.05) is 6.92 Å². The third kappa shape index (κ3) is 0.865. The van der Waals surface area contributed by atoms with Gasteiger partial charge < -0.3 is 4.74 Å². The van der Waals surface area contributed by atoms with Gasteiger partial charge in [0.25, 0.3) is 0 Å². The lowest BCUT2D eigenvalue weighted by Gasteiger charge is -1.99. The molecule has 0 spiro atoms. The Morgan fingerprint density at radius 1 is 1.62 bits per heavy atom. The van der Waals surface area contributed by atoms with Gasteiger partial charge in [-0.2, -0.15) is 4.91 Å². The Balaban J connectivity index is 2.41. The minimum absolute atomic E-state index is 0.0880. The lowest BCUT2D eigenvalue weighted by molar-refractivity contribution is 0.186. The number of rotatable bonds is 1. The van der Waals surface area contributed by atoms with Gasteiger partial charge in [-0.1, -0.05) is 12.1 Å². The molecule has 1 heterocycles. The Labute approximate surface area is 48.0 Å². The van der Waals surface area contributed by atoms with Gasteiger partial charge in [0.2, 0.25) is 0 Å². The van der Waals surface area contributed by atoms with Crippen molar-refractivity contribution in [3.63, 3.8) is 0 Å². The SMILES string of the molecule is C[C@H]1COC[C@H]1N=O. The predicted molar refractivity (Wildman–Crippen MR) is 29.6 cm³/mol. The fraction of sp³-hybridized carbons (Fsp3) is 1.00. The number of hydrogen-bond donors (Lipinski definition) is 0. The molecule has 0 bridgehead atoms. The van der Waals surface area contributed by atoms with Gasteiger partial charge in [-0.25, -0.2) is 0 Å². The van der Waals surface area contributed by atoms with Crippen LogP contribution in [0.4, 0.5) is 0 Å². The quantitative estimate of drug-likeness (QED) is 0.474. The molecule has 0 aliphatic carbocycles. The number of nitroso groups, excluding NO2 is 1. The lowest BCUT2D eigenvalue weighted by Crippen LogP contribution is -2.10. The van der Waals surface area contributed by atoms with Crippen LogP contribution in [-0.4, -0.2) is 19.3 Å². The molecule has 1 aliphatic heterocycles. The van der Waals surface area contributed by atoms with Crippen LogP contribution in [0.15, 0.2) is 5.18 Å². The van der Waals surface area contributed by atoms with Crippen molar-refractivity contribution >= 4 is 0 Å². The van der Waals surface area contributed by atoms with Gasteiger partial charge >= 0.3 is 0 Å². The van der Waals surface area contributed by atoms with Crippen LogP contribution in [-0.2, 0) is 4.74 Å². The second kappa shape index (κ2) is 2.22. The Kier molecular flexibility index (Phi) is 1.58. The summed E-state index contributed by atoms with van der Waals surface area (Å²) in [6, 6.07) is -0.0880. The van der Waals surface area contributed by atoms with Crippen molar-refractivity contribution in [3.8, 4) is 0 Å². The highest BCUT2D eigenvalue weighted by Crippen LogP contribution is 2.14. The van der Waals surface area contributed by atoms with Crippen molar-refractivity contribution in [3.05, 3.63) is 4.91 Å². The molecule has 0 saturated carbocycles. The third-order valence-electron chi connectivity index (χ3n) is 1.46. The van der Waals surface area contributed by atoms with E-state index in [9.17, 15) is 4.91 Å². The molecule has 0 unspecified atom stereocenters. The summed E-state index contributed by atoms with van der Waals surface area (Å²) >= 11 is 0. The van der Waals surface area contributed by atoms with Gasteiger partial charge in [-0.3, -0.25) is 0 Å². The molecule has 0 aromatic carbocycles. The Bertz CT molecular complexity index is 94.4. The first-order valence-electron chi connectivity index (χ1n) is 2.75. The minimum atomic E-state index is -0.0880. The highest BCUT2D eigenvalue weighted by Gasteiger charge is 2.24. The maximum Gasteiger partial charge on any atom is 0.120 e. The molecule has 0 aromatic heterocycles. The van der Waals surface area contributed by atoms with E-state index in [-0.39, 0.29) is 6.04 Å². The second-order valence-corrected chi connectivity index (χ2v) is 2.19. The molecule has 1 rings (SSSR count). The maximum absolute atomic E-state index is 9.89. The van der Waals surface area contributed by atoms with E-state index in [0.29, 0.717) is 19.1 Å². The molecule has 2 atom stereocenters. The predicted octanol–water partition coefficient (Wildman–Crippen LogP) is 0.788. The van der Waals surface area contributed by atoms with E-state index in [0.717, 1.165) is 0 Å². The van der Waals surface area contributed by atoms with Crippen LogP contribution in [0.1, 0.15) is 6.92 Å². The zero-order chi connectivity index (χ0) is 5.98. The van der Waals surface area contributed by atoms with Crippen molar-refractivity contribution in [2.24, 2.45) is 11.1 Å². The smallest absolute Gasteiger partial charge is 0.120 e. The standard InChI is InChI=1S/C5H9NO2/c1-4-2-8-3-5(4)6-7/h4-5H,2-3H2,1H3/t4-,5+/m0/s1. The monoisotopic (exact) mass is 115 g/mol. The Hall–Kier alpha value is -0.440. The first-order chi connectivity index (χ1) is 3.84. The summed E-state index contributed by atoms with van der Waals surface area (Å²) in [6.45, 7) is 3.18. The highest BCUT2D eigenvalue weighted by molar-refractivity contribution is 4.76. The topological polar surface area (TPSA) is 38.7 Å². The van der Waals surface area contributed by atoms with E-state index in [1.54, 1.807) is 0 Å². The molecule has 1 aliphatic rings. The zero-order valence-electron chi connectivity index (χ0n) is 4.83. The molecule has 0 amide bonds. The average Bonchev–Trinajstić information content (AvgIpc) is 2.14. The van der Waals surface area contributed by atoms with Crippen molar-refractivity contribution in [1.29, 1.82) is 0 Å². The molecular weight excluding hydrogens is 106 g/mol. The van der Waals surface area contributed by atoms with Gasteiger partial charge in [0.1, 0.15) is 6.04 Å². The van der Waals surface area contributed by atoms with Crippen LogP contribution in [0.3, 0.4) is 0 Å². The van der Waals surface area contributed by atoms with Crippen molar-refractivity contribution in [2.45, 2.75) is 13.0 Å². The van der Waals surface area contributed by atoms with Crippen LogP contribution in [0.2, 0.25) is 0 Å². The molecule has 3 heteroatoms. The van der Waals surface area contributed by atoms with Crippen molar-refractivity contribution in [2.75, 3.05) is 13.2 Å². The summed E-state index contributed by atoms with van der Waals surface area (Å²) in [5.41, 5.74) is 0. The van der Waals surface area contributed by atoms with Gasteiger partial charge in [-0.05, 0) is 0 Å². The Morgan fingerprint density at radius 3 is 2.62 bits per heavy atom. The fourth-order valence-electron chi connectivity index (χ4n) is 0.784. The van der Waals surface area contributed by atoms with E-state index in [2.05, 4.69) is 5.18 Å². The first-order valence-corrected chi connectivity index (χ1v) is 2.75. The van der Waals surface area contributed by atoms with Crippen LogP contribution >= 0.6 is 0 Å². The second-order valence-electron chi connectivity index (χ2n) is 2.19. The molecule has 0 N–H and O–H groups in total. The Morgan fingerprint density at radius 2 is 2.38 bits per heavy atom. The van der Waals surface area contributed by atoms with Crippen molar-refractivity contribution < 1.29 is 4.74 Å². The average molecular weight is 115 g/mol. The van der Waals surface area contributed by atoms with E-state index >= 15 is 0 Å².